The number of hydrogen-bond donors (Lipinski definition) is 0. The number of rotatable bonds is 7. The van der Waals surface area contributed by atoms with Gasteiger partial charge >= 0.3 is 5.56 Å². The standard InChI is InChI=1S/C23H21N3O3S/c1-2-3-7-14-29-18-12-10-16(11-13-18)15-19-22(28)26-23(30-19)24-21(27)20(25-26)17-8-5-4-6-9-17/h4-6,8-13,15H,2-3,7,14H2,1H3/b19-15+. The number of fused-ring (bicyclic) bond motifs is 1. The van der Waals surface area contributed by atoms with E-state index in [4.69, 9.17) is 4.74 Å². The highest BCUT2D eigenvalue weighted by molar-refractivity contribution is 7.15. The molecule has 0 fully saturated rings. The van der Waals surface area contributed by atoms with E-state index in [1.807, 2.05) is 42.5 Å². The normalized spacial score (nSPS) is 11.8. The summed E-state index contributed by atoms with van der Waals surface area (Å²) in [5.41, 5.74) is 0.929. The number of hydrogen-bond acceptors (Lipinski definition) is 6. The molecule has 0 aliphatic rings. The maximum absolute atomic E-state index is 12.8. The van der Waals surface area contributed by atoms with Crippen molar-refractivity contribution in [3.63, 3.8) is 0 Å². The predicted molar refractivity (Wildman–Crippen MR) is 119 cm³/mol. The van der Waals surface area contributed by atoms with E-state index in [1.54, 1.807) is 18.2 Å². The van der Waals surface area contributed by atoms with Crippen LogP contribution in [-0.4, -0.2) is 21.2 Å². The number of benzene rings is 2. The zero-order chi connectivity index (χ0) is 20.9. The molecule has 0 aliphatic carbocycles. The van der Waals surface area contributed by atoms with Gasteiger partial charge in [0.25, 0.3) is 5.56 Å². The molecule has 6 nitrogen and oxygen atoms in total. The molecular weight excluding hydrogens is 398 g/mol. The van der Waals surface area contributed by atoms with Gasteiger partial charge in [-0.3, -0.25) is 9.59 Å². The Morgan fingerprint density at radius 3 is 2.53 bits per heavy atom. The summed E-state index contributed by atoms with van der Waals surface area (Å²) in [5.74, 6) is 0.808. The van der Waals surface area contributed by atoms with Crippen LogP contribution in [0.4, 0.5) is 0 Å². The topological polar surface area (TPSA) is 73.6 Å². The highest BCUT2D eigenvalue weighted by atomic mass is 32.1. The molecule has 0 unspecified atom stereocenters. The van der Waals surface area contributed by atoms with E-state index in [2.05, 4.69) is 17.0 Å². The SMILES string of the molecule is CCCCCOc1ccc(/C=c2/sc3nc(=O)c(-c4ccccc4)nn3c2=O)cc1. The molecule has 2 aromatic carbocycles. The number of thiazole rings is 1. The molecule has 152 valence electrons. The molecule has 0 aliphatic heterocycles. The van der Waals surface area contributed by atoms with Crippen LogP contribution in [0.3, 0.4) is 0 Å². The number of unbranched alkanes of at least 4 members (excludes halogenated alkanes) is 2. The fourth-order valence-corrected chi connectivity index (χ4v) is 3.94. The van der Waals surface area contributed by atoms with E-state index in [-0.39, 0.29) is 16.2 Å². The van der Waals surface area contributed by atoms with Crippen molar-refractivity contribution in [2.45, 2.75) is 26.2 Å². The monoisotopic (exact) mass is 419 g/mol. The van der Waals surface area contributed by atoms with Crippen molar-refractivity contribution in [3.05, 3.63) is 85.4 Å². The molecule has 0 radical (unpaired) electrons. The molecule has 0 amide bonds. The minimum atomic E-state index is -0.446. The lowest BCUT2D eigenvalue weighted by Gasteiger charge is -2.05. The second kappa shape index (κ2) is 9.00. The van der Waals surface area contributed by atoms with Gasteiger partial charge in [-0.2, -0.15) is 14.6 Å². The first-order valence-electron chi connectivity index (χ1n) is 9.89. The van der Waals surface area contributed by atoms with Crippen LogP contribution >= 0.6 is 11.3 Å². The maximum Gasteiger partial charge on any atom is 0.300 e. The van der Waals surface area contributed by atoms with Crippen LogP contribution in [0.25, 0.3) is 22.3 Å². The van der Waals surface area contributed by atoms with Crippen molar-refractivity contribution in [3.8, 4) is 17.0 Å². The fraction of sp³-hybridized carbons (Fsp3) is 0.217. The van der Waals surface area contributed by atoms with Crippen LogP contribution < -0.4 is 20.4 Å². The van der Waals surface area contributed by atoms with Gasteiger partial charge in [-0.15, -0.1) is 0 Å². The molecule has 2 heterocycles. The minimum absolute atomic E-state index is 0.166. The average Bonchev–Trinajstić information content (AvgIpc) is 3.06. The van der Waals surface area contributed by atoms with Crippen molar-refractivity contribution in [1.29, 1.82) is 0 Å². The maximum atomic E-state index is 12.8. The quantitative estimate of drug-likeness (QED) is 0.430. The Morgan fingerprint density at radius 2 is 1.80 bits per heavy atom. The zero-order valence-corrected chi connectivity index (χ0v) is 17.4. The zero-order valence-electron chi connectivity index (χ0n) is 16.6. The lowest BCUT2D eigenvalue weighted by atomic mass is 10.2. The Balaban J connectivity index is 1.65. The minimum Gasteiger partial charge on any atom is -0.494 e. The summed E-state index contributed by atoms with van der Waals surface area (Å²) in [6.07, 6.45) is 5.12. The van der Waals surface area contributed by atoms with E-state index in [1.165, 1.54) is 4.52 Å². The van der Waals surface area contributed by atoms with Gasteiger partial charge in [0.1, 0.15) is 5.75 Å². The van der Waals surface area contributed by atoms with Crippen LogP contribution in [0, 0.1) is 0 Å². The van der Waals surface area contributed by atoms with Crippen molar-refractivity contribution < 1.29 is 4.74 Å². The summed E-state index contributed by atoms with van der Waals surface area (Å²) in [6.45, 7) is 2.86. The third kappa shape index (κ3) is 4.31. The van der Waals surface area contributed by atoms with Gasteiger partial charge in [0.2, 0.25) is 4.96 Å². The molecule has 2 aromatic heterocycles. The van der Waals surface area contributed by atoms with E-state index in [0.717, 1.165) is 41.9 Å². The molecule has 0 N–H and O–H groups in total. The van der Waals surface area contributed by atoms with Crippen LogP contribution in [0.2, 0.25) is 0 Å². The molecule has 4 rings (SSSR count). The molecule has 0 atom stereocenters. The van der Waals surface area contributed by atoms with Gasteiger partial charge < -0.3 is 4.74 Å². The number of aromatic nitrogens is 3. The summed E-state index contributed by atoms with van der Waals surface area (Å²) >= 11 is 1.15. The highest BCUT2D eigenvalue weighted by Crippen LogP contribution is 2.14. The number of nitrogens with zero attached hydrogens (tertiary/aromatic N) is 3. The molecular formula is C23H21N3O3S. The lowest BCUT2D eigenvalue weighted by molar-refractivity contribution is 0.306. The van der Waals surface area contributed by atoms with Crippen LogP contribution in [0.5, 0.6) is 5.75 Å². The molecule has 0 saturated heterocycles. The second-order valence-electron chi connectivity index (χ2n) is 6.87. The third-order valence-electron chi connectivity index (χ3n) is 4.63. The highest BCUT2D eigenvalue weighted by Gasteiger charge is 2.12. The molecule has 0 bridgehead atoms. The van der Waals surface area contributed by atoms with Gasteiger partial charge in [0.15, 0.2) is 5.69 Å². The summed E-state index contributed by atoms with van der Waals surface area (Å²) < 4.78 is 7.39. The summed E-state index contributed by atoms with van der Waals surface area (Å²) in [6, 6.07) is 16.6. The third-order valence-corrected chi connectivity index (χ3v) is 5.59. The van der Waals surface area contributed by atoms with Crippen LogP contribution in [0.1, 0.15) is 31.7 Å². The summed E-state index contributed by atoms with van der Waals surface area (Å²) in [4.78, 5) is 29.5. The lowest BCUT2D eigenvalue weighted by Crippen LogP contribution is -2.26. The van der Waals surface area contributed by atoms with Crippen molar-refractivity contribution in [1.82, 2.24) is 14.6 Å². The Labute approximate surface area is 177 Å². The first kappa shape index (κ1) is 20.0. The van der Waals surface area contributed by atoms with Gasteiger partial charge in [-0.05, 0) is 30.2 Å². The molecule has 0 saturated carbocycles. The Kier molecular flexibility index (Phi) is 5.99. The molecule has 7 heteroatoms. The van der Waals surface area contributed by atoms with Crippen LogP contribution in [0.15, 0.2) is 64.2 Å². The van der Waals surface area contributed by atoms with Crippen molar-refractivity contribution >= 4 is 22.4 Å². The van der Waals surface area contributed by atoms with Crippen molar-refractivity contribution in [2.24, 2.45) is 0 Å². The van der Waals surface area contributed by atoms with Gasteiger partial charge in [-0.1, -0.05) is 73.6 Å². The first-order chi connectivity index (χ1) is 14.7. The van der Waals surface area contributed by atoms with E-state index in [0.29, 0.717) is 16.7 Å². The largest absolute Gasteiger partial charge is 0.494 e. The molecule has 30 heavy (non-hydrogen) atoms. The van der Waals surface area contributed by atoms with Gasteiger partial charge in [-0.25, -0.2) is 0 Å². The van der Waals surface area contributed by atoms with Crippen LogP contribution in [-0.2, 0) is 0 Å². The Bertz CT molecular complexity index is 1310. The fourth-order valence-electron chi connectivity index (χ4n) is 3.04. The van der Waals surface area contributed by atoms with E-state index < -0.39 is 5.56 Å². The Hall–Kier alpha value is -3.32. The van der Waals surface area contributed by atoms with Gasteiger partial charge in [0, 0.05) is 5.56 Å². The second-order valence-corrected chi connectivity index (χ2v) is 7.88. The summed E-state index contributed by atoms with van der Waals surface area (Å²) in [7, 11) is 0. The molecule has 4 aromatic rings. The summed E-state index contributed by atoms with van der Waals surface area (Å²) in [5, 5.41) is 4.27. The number of ether oxygens (including phenoxy) is 1. The first-order valence-corrected chi connectivity index (χ1v) is 10.7. The Morgan fingerprint density at radius 1 is 1.03 bits per heavy atom. The smallest absolute Gasteiger partial charge is 0.300 e. The van der Waals surface area contributed by atoms with Crippen molar-refractivity contribution in [2.75, 3.05) is 6.61 Å². The average molecular weight is 420 g/mol. The molecule has 0 spiro atoms. The predicted octanol–water partition coefficient (Wildman–Crippen LogP) is 3.29. The van der Waals surface area contributed by atoms with Gasteiger partial charge in [0.05, 0.1) is 11.1 Å². The van der Waals surface area contributed by atoms with E-state index >= 15 is 0 Å². The van der Waals surface area contributed by atoms with E-state index in [9.17, 15) is 9.59 Å².